The Bertz CT molecular complexity index is 528. The number of aromatic amines is 1. The predicted octanol–water partition coefficient (Wildman–Crippen LogP) is 1.23. The van der Waals surface area contributed by atoms with E-state index in [9.17, 15) is 4.79 Å². The number of amides is 1. The third-order valence-electron chi connectivity index (χ3n) is 3.19. The van der Waals surface area contributed by atoms with Crippen LogP contribution in [-0.2, 0) is 11.3 Å². The molecule has 2 aromatic rings. The van der Waals surface area contributed by atoms with Gasteiger partial charge in [0, 0.05) is 30.2 Å². The highest BCUT2D eigenvalue weighted by atomic mass is 16.2. The lowest BCUT2D eigenvalue weighted by Gasteiger charge is -2.14. The lowest BCUT2D eigenvalue weighted by Crippen LogP contribution is -2.27. The molecule has 3 N–H and O–H groups in total. The molecule has 0 saturated carbocycles. The highest BCUT2D eigenvalue weighted by Gasteiger charge is 2.26. The molecule has 3 rings (SSSR count). The van der Waals surface area contributed by atoms with E-state index in [0.717, 1.165) is 11.2 Å². The van der Waals surface area contributed by atoms with E-state index >= 15 is 0 Å². The Balaban J connectivity index is 1.83. The number of carbonyl (C=O) groups is 1. The van der Waals surface area contributed by atoms with Crippen LogP contribution in [0.1, 0.15) is 12.1 Å². The van der Waals surface area contributed by atoms with Crippen molar-refractivity contribution in [1.29, 1.82) is 0 Å². The number of rotatable bonds is 2. The van der Waals surface area contributed by atoms with Crippen molar-refractivity contribution in [2.24, 2.45) is 5.73 Å². The number of fused-ring (bicyclic) bond motifs is 1. The molecule has 4 nitrogen and oxygen atoms in total. The first-order chi connectivity index (χ1) is 8.22. The second-order valence-corrected chi connectivity index (χ2v) is 4.62. The summed E-state index contributed by atoms with van der Waals surface area (Å²) < 4.78 is 0. The number of hydrogen-bond acceptors (Lipinski definition) is 2. The fraction of sp³-hybridized carbons (Fsp3) is 0.308. The summed E-state index contributed by atoms with van der Waals surface area (Å²) in [4.78, 5) is 16.8. The number of likely N-dealkylation sites (tertiary alicyclic amines) is 1. The fourth-order valence-corrected chi connectivity index (χ4v) is 2.38. The normalized spacial score (nSPS) is 20.4. The van der Waals surface area contributed by atoms with Crippen molar-refractivity contribution in [1.82, 2.24) is 9.88 Å². The maximum Gasteiger partial charge on any atom is 0.224 e. The summed E-state index contributed by atoms with van der Waals surface area (Å²) in [5.74, 6) is 0.149. The molecule has 1 aromatic carbocycles. The number of benzene rings is 1. The van der Waals surface area contributed by atoms with E-state index in [2.05, 4.69) is 17.1 Å². The molecule has 1 saturated heterocycles. The molecule has 1 aliphatic heterocycles. The summed E-state index contributed by atoms with van der Waals surface area (Å²) >= 11 is 0. The van der Waals surface area contributed by atoms with E-state index in [-0.39, 0.29) is 11.9 Å². The van der Waals surface area contributed by atoms with Crippen LogP contribution in [0.2, 0.25) is 0 Å². The molecule has 4 heteroatoms. The van der Waals surface area contributed by atoms with Crippen LogP contribution in [-0.4, -0.2) is 28.4 Å². The SMILES string of the molecule is NC1CC(=O)N(Cc2cc3ccccc3[nH]2)C1. The van der Waals surface area contributed by atoms with Crippen molar-refractivity contribution >= 4 is 16.8 Å². The minimum atomic E-state index is -0.00752. The predicted molar refractivity (Wildman–Crippen MR) is 66.3 cm³/mol. The van der Waals surface area contributed by atoms with Gasteiger partial charge in [0.05, 0.1) is 6.54 Å². The molecule has 1 unspecified atom stereocenters. The van der Waals surface area contributed by atoms with E-state index in [1.807, 2.05) is 23.1 Å². The molecule has 1 amide bonds. The quantitative estimate of drug-likeness (QED) is 0.813. The molecule has 1 fully saturated rings. The van der Waals surface area contributed by atoms with E-state index in [1.54, 1.807) is 0 Å². The van der Waals surface area contributed by atoms with Gasteiger partial charge in [-0.3, -0.25) is 4.79 Å². The summed E-state index contributed by atoms with van der Waals surface area (Å²) in [7, 11) is 0. The van der Waals surface area contributed by atoms with E-state index < -0.39 is 0 Å². The Morgan fingerprint density at radius 3 is 2.94 bits per heavy atom. The molecule has 1 aliphatic rings. The van der Waals surface area contributed by atoms with Gasteiger partial charge in [0.25, 0.3) is 0 Å². The second kappa shape index (κ2) is 3.89. The summed E-state index contributed by atoms with van der Waals surface area (Å²) in [5, 5.41) is 1.18. The number of nitrogens with zero attached hydrogens (tertiary/aromatic N) is 1. The Labute approximate surface area is 99.4 Å². The number of nitrogens with one attached hydrogen (secondary N) is 1. The minimum absolute atomic E-state index is 0.00752. The van der Waals surface area contributed by atoms with Gasteiger partial charge in [-0.15, -0.1) is 0 Å². The van der Waals surface area contributed by atoms with Gasteiger partial charge in [0.2, 0.25) is 5.91 Å². The van der Waals surface area contributed by atoms with Gasteiger partial charge < -0.3 is 15.6 Å². The lowest BCUT2D eigenvalue weighted by molar-refractivity contribution is -0.128. The van der Waals surface area contributed by atoms with Gasteiger partial charge in [-0.25, -0.2) is 0 Å². The smallest absolute Gasteiger partial charge is 0.224 e. The highest BCUT2D eigenvalue weighted by Crippen LogP contribution is 2.18. The maximum atomic E-state index is 11.6. The molecule has 1 atom stereocenters. The van der Waals surface area contributed by atoms with Crippen LogP contribution in [0.25, 0.3) is 10.9 Å². The molecular weight excluding hydrogens is 214 g/mol. The van der Waals surface area contributed by atoms with Crippen molar-refractivity contribution in [3.05, 3.63) is 36.0 Å². The Hall–Kier alpha value is -1.81. The second-order valence-electron chi connectivity index (χ2n) is 4.62. The average Bonchev–Trinajstić information content (AvgIpc) is 2.82. The molecule has 0 bridgehead atoms. The van der Waals surface area contributed by atoms with Crippen LogP contribution in [0.3, 0.4) is 0 Å². The molecular formula is C13H15N3O. The molecule has 0 aliphatic carbocycles. The van der Waals surface area contributed by atoms with E-state index in [4.69, 9.17) is 5.73 Å². The molecule has 17 heavy (non-hydrogen) atoms. The van der Waals surface area contributed by atoms with Gasteiger partial charge in [0.1, 0.15) is 0 Å². The van der Waals surface area contributed by atoms with Crippen molar-refractivity contribution in [2.45, 2.75) is 19.0 Å². The van der Waals surface area contributed by atoms with Crippen LogP contribution < -0.4 is 5.73 Å². The van der Waals surface area contributed by atoms with Crippen molar-refractivity contribution in [3.63, 3.8) is 0 Å². The third-order valence-corrected chi connectivity index (χ3v) is 3.19. The molecule has 0 spiro atoms. The summed E-state index contributed by atoms with van der Waals surface area (Å²) in [6.07, 6.45) is 0.472. The topological polar surface area (TPSA) is 62.1 Å². The number of aromatic nitrogens is 1. The van der Waals surface area contributed by atoms with Crippen molar-refractivity contribution < 1.29 is 4.79 Å². The summed E-state index contributed by atoms with van der Waals surface area (Å²) in [6.45, 7) is 1.29. The molecule has 0 radical (unpaired) electrons. The first kappa shape index (κ1) is 10.4. The monoisotopic (exact) mass is 229 g/mol. The van der Waals surface area contributed by atoms with E-state index in [1.165, 1.54) is 5.39 Å². The zero-order valence-electron chi connectivity index (χ0n) is 9.52. The summed E-state index contributed by atoms with van der Waals surface area (Å²) in [6, 6.07) is 10.2. The van der Waals surface area contributed by atoms with Crippen LogP contribution in [0, 0.1) is 0 Å². The fourth-order valence-electron chi connectivity index (χ4n) is 2.38. The van der Waals surface area contributed by atoms with Crippen LogP contribution in [0.5, 0.6) is 0 Å². The van der Waals surface area contributed by atoms with Gasteiger partial charge in [0.15, 0.2) is 0 Å². The molecule has 2 heterocycles. The number of H-pyrrole nitrogens is 1. The van der Waals surface area contributed by atoms with Gasteiger partial charge in [-0.05, 0) is 17.5 Å². The molecule has 88 valence electrons. The molecule has 1 aromatic heterocycles. The van der Waals surface area contributed by atoms with Crippen molar-refractivity contribution in [2.75, 3.05) is 6.54 Å². The van der Waals surface area contributed by atoms with Crippen LogP contribution in [0.15, 0.2) is 30.3 Å². The maximum absolute atomic E-state index is 11.6. The lowest BCUT2D eigenvalue weighted by atomic mass is 10.2. The first-order valence-electron chi connectivity index (χ1n) is 5.82. The standard InChI is InChI=1S/C13H15N3O/c14-10-6-13(17)16(7-10)8-11-5-9-3-1-2-4-12(9)15-11/h1-5,10,15H,6-8,14H2. The zero-order valence-corrected chi connectivity index (χ0v) is 9.52. The largest absolute Gasteiger partial charge is 0.357 e. The van der Waals surface area contributed by atoms with Gasteiger partial charge in [-0.1, -0.05) is 18.2 Å². The van der Waals surface area contributed by atoms with Crippen LogP contribution >= 0.6 is 0 Å². The first-order valence-corrected chi connectivity index (χ1v) is 5.82. The zero-order chi connectivity index (χ0) is 11.8. The van der Waals surface area contributed by atoms with Gasteiger partial charge in [-0.2, -0.15) is 0 Å². The number of hydrogen-bond donors (Lipinski definition) is 2. The number of para-hydroxylation sites is 1. The number of nitrogens with two attached hydrogens (primary N) is 1. The Morgan fingerprint density at radius 1 is 1.41 bits per heavy atom. The Kier molecular flexibility index (Phi) is 2.37. The minimum Gasteiger partial charge on any atom is -0.357 e. The van der Waals surface area contributed by atoms with Crippen LogP contribution in [0.4, 0.5) is 0 Å². The van der Waals surface area contributed by atoms with Crippen molar-refractivity contribution in [3.8, 4) is 0 Å². The number of carbonyl (C=O) groups excluding carboxylic acids is 1. The average molecular weight is 229 g/mol. The van der Waals surface area contributed by atoms with E-state index in [0.29, 0.717) is 19.5 Å². The summed E-state index contributed by atoms with van der Waals surface area (Å²) in [5.41, 5.74) is 7.94. The van der Waals surface area contributed by atoms with Gasteiger partial charge >= 0.3 is 0 Å². The Morgan fingerprint density at radius 2 is 2.24 bits per heavy atom. The third kappa shape index (κ3) is 1.91. The highest BCUT2D eigenvalue weighted by molar-refractivity contribution is 5.81.